The zero-order chi connectivity index (χ0) is 20.8. The first-order chi connectivity index (χ1) is 14.5. The zero-order valence-corrected chi connectivity index (χ0v) is 15.4. The van der Waals surface area contributed by atoms with Gasteiger partial charge in [0.1, 0.15) is 23.1 Å². The summed E-state index contributed by atoms with van der Waals surface area (Å²) < 4.78 is 29.1. The molecule has 3 aromatic heterocycles. The fourth-order valence-corrected chi connectivity index (χ4v) is 2.99. The molecule has 11 heteroatoms. The second-order valence-corrected chi connectivity index (χ2v) is 6.93. The molecule has 0 saturated heterocycles. The van der Waals surface area contributed by atoms with Crippen LogP contribution in [0.2, 0.25) is 0 Å². The lowest BCUT2D eigenvalue weighted by molar-refractivity contribution is 0.454. The Kier molecular flexibility index (Phi) is 4.09. The molecule has 4 aromatic rings. The van der Waals surface area contributed by atoms with Crippen LogP contribution in [0.4, 0.5) is 20.3 Å². The second kappa shape index (κ2) is 6.79. The molecule has 5 rings (SSSR count). The van der Waals surface area contributed by atoms with E-state index in [0.29, 0.717) is 16.4 Å². The molecule has 0 spiro atoms. The number of rotatable bonds is 4. The molecule has 1 aliphatic carbocycles. The molecule has 9 nitrogen and oxygen atoms in total. The van der Waals surface area contributed by atoms with E-state index >= 15 is 0 Å². The van der Waals surface area contributed by atoms with Crippen molar-refractivity contribution >= 4 is 23.2 Å². The first kappa shape index (κ1) is 18.0. The Hall–Kier alpha value is -4.02. The number of H-pyrrole nitrogens is 2. The average Bonchev–Trinajstić information content (AvgIpc) is 3.34. The van der Waals surface area contributed by atoms with Gasteiger partial charge in [0.25, 0.3) is 0 Å². The van der Waals surface area contributed by atoms with E-state index < -0.39 is 17.3 Å². The number of aromatic nitrogens is 5. The number of benzene rings is 1. The molecule has 0 radical (unpaired) electrons. The predicted octanol–water partition coefficient (Wildman–Crippen LogP) is 1.08. The number of hydrogen-bond donors (Lipinski definition) is 4. The molecule has 0 bridgehead atoms. The standard InChI is InChI=1S/C19H15F2N7O2/c20-10-1-4-12(21)13(6-10)24-15-7-16(23-11-2-3-11)28-17(26-15)9(8-22-28)5-14-18(29)27-19(30)25-14/h1,4-8,11,24,29H,2-3H2,(H2,25,27,30). The van der Waals surface area contributed by atoms with E-state index in [-0.39, 0.29) is 29.1 Å². The molecular formula is C19H15F2N7O2. The van der Waals surface area contributed by atoms with Gasteiger partial charge in [-0.2, -0.15) is 9.61 Å². The highest BCUT2D eigenvalue weighted by atomic mass is 19.1. The number of hydrogen-bond acceptors (Lipinski definition) is 6. The van der Waals surface area contributed by atoms with Crippen LogP contribution in [0.25, 0.3) is 11.7 Å². The lowest BCUT2D eigenvalue weighted by Gasteiger charge is -2.07. The monoisotopic (exact) mass is 411 g/mol. The van der Waals surface area contributed by atoms with Crippen LogP contribution in [-0.4, -0.2) is 35.7 Å². The molecule has 1 aromatic carbocycles. The van der Waals surface area contributed by atoms with Crippen molar-refractivity contribution in [3.63, 3.8) is 0 Å². The Labute approximate surface area is 166 Å². The van der Waals surface area contributed by atoms with Crippen molar-refractivity contribution in [2.45, 2.75) is 18.9 Å². The molecule has 4 N–H and O–H groups in total. The molecule has 30 heavy (non-hydrogen) atoms. The summed E-state index contributed by atoms with van der Waals surface area (Å²) in [7, 11) is 0. The first-order valence-corrected chi connectivity index (χ1v) is 9.14. The van der Waals surface area contributed by atoms with Crippen LogP contribution in [0.1, 0.15) is 18.5 Å². The molecule has 0 unspecified atom stereocenters. The summed E-state index contributed by atoms with van der Waals surface area (Å²) in [6.45, 7) is 0. The smallest absolute Gasteiger partial charge is 0.326 e. The first-order valence-electron chi connectivity index (χ1n) is 9.14. The van der Waals surface area contributed by atoms with Gasteiger partial charge in [0.2, 0.25) is 5.88 Å². The summed E-state index contributed by atoms with van der Waals surface area (Å²) in [6, 6.07) is 4.86. The Bertz CT molecular complexity index is 1450. The van der Waals surface area contributed by atoms with Crippen LogP contribution in [0.3, 0.4) is 0 Å². The lowest BCUT2D eigenvalue weighted by Crippen LogP contribution is -2.20. The van der Waals surface area contributed by atoms with E-state index in [0.717, 1.165) is 31.0 Å². The number of aromatic amines is 2. The summed E-state index contributed by atoms with van der Waals surface area (Å²) >= 11 is 0. The third-order valence-electron chi connectivity index (χ3n) is 4.57. The van der Waals surface area contributed by atoms with Crippen molar-refractivity contribution < 1.29 is 13.9 Å². The van der Waals surface area contributed by atoms with Gasteiger partial charge in [-0.05, 0) is 31.1 Å². The Balaban J connectivity index is 1.69. The average molecular weight is 411 g/mol. The van der Waals surface area contributed by atoms with Crippen molar-refractivity contribution in [2.24, 2.45) is 4.99 Å². The third-order valence-corrected chi connectivity index (χ3v) is 4.57. The maximum absolute atomic E-state index is 14.1. The van der Waals surface area contributed by atoms with E-state index in [1.54, 1.807) is 6.07 Å². The van der Waals surface area contributed by atoms with E-state index in [1.165, 1.54) is 16.8 Å². The van der Waals surface area contributed by atoms with Crippen LogP contribution in [0, 0.1) is 11.6 Å². The lowest BCUT2D eigenvalue weighted by atomic mass is 10.3. The van der Waals surface area contributed by atoms with Crippen molar-refractivity contribution in [3.8, 4) is 5.88 Å². The van der Waals surface area contributed by atoms with Crippen molar-refractivity contribution in [1.29, 1.82) is 0 Å². The molecule has 1 aliphatic rings. The second-order valence-electron chi connectivity index (χ2n) is 6.93. The minimum atomic E-state index is -0.631. The van der Waals surface area contributed by atoms with Gasteiger partial charge < -0.3 is 15.4 Å². The molecule has 1 saturated carbocycles. The third kappa shape index (κ3) is 3.41. The molecule has 0 atom stereocenters. The van der Waals surface area contributed by atoms with Crippen molar-refractivity contribution in [3.05, 3.63) is 69.0 Å². The van der Waals surface area contributed by atoms with Crippen LogP contribution < -0.4 is 21.7 Å². The van der Waals surface area contributed by atoms with Gasteiger partial charge >= 0.3 is 5.69 Å². The topological polar surface area (TPSA) is 123 Å². The number of nitrogens with zero attached hydrogens (tertiary/aromatic N) is 4. The SMILES string of the molecule is O=c1[nH]c(O)c(C=c2cnn3c(=NC4CC4)cc(Nc4cc(F)ccc4F)nc23)[nH]1. The number of fused-ring (bicyclic) bond motifs is 1. The number of aromatic hydroxyl groups is 1. The molecular weight excluding hydrogens is 396 g/mol. The van der Waals surface area contributed by atoms with Gasteiger partial charge in [0.15, 0.2) is 11.1 Å². The van der Waals surface area contributed by atoms with E-state index in [2.05, 4.69) is 30.4 Å². The summed E-state index contributed by atoms with van der Waals surface area (Å²) in [4.78, 5) is 25.1. The largest absolute Gasteiger partial charge is 0.493 e. The van der Waals surface area contributed by atoms with E-state index in [4.69, 9.17) is 0 Å². The fourth-order valence-electron chi connectivity index (χ4n) is 2.99. The highest BCUT2D eigenvalue weighted by Gasteiger charge is 2.20. The summed E-state index contributed by atoms with van der Waals surface area (Å²) in [5.74, 6) is -1.30. The Morgan fingerprint density at radius 1 is 1.27 bits per heavy atom. The van der Waals surface area contributed by atoms with Gasteiger partial charge in [-0.25, -0.2) is 18.6 Å². The molecule has 0 aliphatic heterocycles. The highest BCUT2D eigenvalue weighted by molar-refractivity contribution is 5.61. The zero-order valence-electron chi connectivity index (χ0n) is 15.4. The number of imidazole rings is 1. The van der Waals surface area contributed by atoms with Crippen LogP contribution in [-0.2, 0) is 0 Å². The Morgan fingerprint density at radius 2 is 2.10 bits per heavy atom. The van der Waals surface area contributed by atoms with Crippen molar-refractivity contribution in [1.82, 2.24) is 24.6 Å². The predicted molar refractivity (Wildman–Crippen MR) is 103 cm³/mol. The minimum absolute atomic E-state index is 0.0677. The summed E-state index contributed by atoms with van der Waals surface area (Å²) in [6.07, 6.45) is 4.93. The summed E-state index contributed by atoms with van der Waals surface area (Å²) in [5, 5.41) is 17.4. The maximum atomic E-state index is 14.1. The van der Waals surface area contributed by atoms with Gasteiger partial charge in [-0.15, -0.1) is 0 Å². The number of anilines is 2. The van der Waals surface area contributed by atoms with E-state index in [9.17, 15) is 18.7 Å². The fraction of sp³-hybridized carbons (Fsp3) is 0.158. The highest BCUT2D eigenvalue weighted by Crippen LogP contribution is 2.23. The van der Waals surface area contributed by atoms with Crippen LogP contribution in [0.5, 0.6) is 5.88 Å². The number of halogens is 2. The van der Waals surface area contributed by atoms with Gasteiger partial charge in [0.05, 0.1) is 17.9 Å². The molecule has 1 fully saturated rings. The van der Waals surface area contributed by atoms with Gasteiger partial charge in [-0.3, -0.25) is 9.98 Å². The van der Waals surface area contributed by atoms with Crippen LogP contribution in [0.15, 0.2) is 40.2 Å². The van der Waals surface area contributed by atoms with Gasteiger partial charge in [0, 0.05) is 17.4 Å². The quantitative estimate of drug-likeness (QED) is 0.400. The molecule has 152 valence electrons. The van der Waals surface area contributed by atoms with E-state index in [1.807, 2.05) is 0 Å². The summed E-state index contributed by atoms with van der Waals surface area (Å²) in [5.41, 5.74) is 0.385. The maximum Gasteiger partial charge on any atom is 0.326 e. The Morgan fingerprint density at radius 3 is 2.83 bits per heavy atom. The number of nitrogens with one attached hydrogen (secondary N) is 3. The molecule has 0 amide bonds. The van der Waals surface area contributed by atoms with Gasteiger partial charge in [-0.1, -0.05) is 0 Å². The normalized spacial score (nSPS) is 15.3. The minimum Gasteiger partial charge on any atom is -0.493 e. The molecule has 3 heterocycles. The van der Waals surface area contributed by atoms with Crippen molar-refractivity contribution in [2.75, 3.05) is 5.32 Å². The van der Waals surface area contributed by atoms with Crippen LogP contribution >= 0.6 is 0 Å².